The molecule has 0 radical (unpaired) electrons. The lowest BCUT2D eigenvalue weighted by atomic mass is 10.2. The van der Waals surface area contributed by atoms with Gasteiger partial charge in [0, 0.05) is 23.8 Å². The predicted octanol–water partition coefficient (Wildman–Crippen LogP) is 1.73. The summed E-state index contributed by atoms with van der Waals surface area (Å²) >= 11 is 5.86. The third-order valence-corrected chi connectivity index (χ3v) is 3.45. The number of aliphatic hydroxyl groups excluding tert-OH is 1. The maximum absolute atomic E-state index is 12.0. The van der Waals surface area contributed by atoms with Crippen LogP contribution in [0.5, 0.6) is 0 Å². The van der Waals surface area contributed by atoms with Crippen LogP contribution in [0.25, 0.3) is 0 Å². The highest BCUT2D eigenvalue weighted by Gasteiger charge is 2.28. The third-order valence-electron chi connectivity index (χ3n) is 3.21. The molecule has 1 aliphatic rings. The van der Waals surface area contributed by atoms with Crippen molar-refractivity contribution in [1.29, 1.82) is 0 Å². The lowest BCUT2D eigenvalue weighted by Gasteiger charge is -2.22. The Hall–Kier alpha value is -1.10. The van der Waals surface area contributed by atoms with Crippen LogP contribution in [-0.2, 0) is 4.79 Å². The van der Waals surface area contributed by atoms with Gasteiger partial charge in [-0.15, -0.1) is 0 Å². The second-order valence-corrected chi connectivity index (χ2v) is 5.05. The zero-order valence-electron chi connectivity index (χ0n) is 10.3. The molecular formula is C13H17ClN2O2. The number of likely N-dealkylation sites (tertiary alicyclic amines) is 1. The largest absolute Gasteiger partial charge is 0.392 e. The Labute approximate surface area is 112 Å². The Bertz CT molecular complexity index is 439. The number of hydrogen-bond acceptors (Lipinski definition) is 3. The quantitative estimate of drug-likeness (QED) is 0.878. The summed E-state index contributed by atoms with van der Waals surface area (Å²) < 4.78 is 0. The lowest BCUT2D eigenvalue weighted by molar-refractivity contribution is -0.120. The Morgan fingerprint density at radius 3 is 3.00 bits per heavy atom. The van der Waals surface area contributed by atoms with Crippen LogP contribution in [0.3, 0.4) is 0 Å². The van der Waals surface area contributed by atoms with Crippen LogP contribution in [0, 0.1) is 0 Å². The van der Waals surface area contributed by atoms with Crippen LogP contribution in [-0.4, -0.2) is 41.1 Å². The van der Waals surface area contributed by atoms with Crippen LogP contribution in [0.1, 0.15) is 13.3 Å². The zero-order chi connectivity index (χ0) is 13.1. The van der Waals surface area contributed by atoms with Crippen LogP contribution in [0.4, 0.5) is 5.69 Å². The summed E-state index contributed by atoms with van der Waals surface area (Å²) in [6, 6.07) is 6.82. The minimum atomic E-state index is -0.314. The summed E-state index contributed by atoms with van der Waals surface area (Å²) in [6.07, 6.45) is 0.417. The highest BCUT2D eigenvalue weighted by Crippen LogP contribution is 2.17. The number of aliphatic hydroxyl groups is 1. The van der Waals surface area contributed by atoms with Crippen LogP contribution in [0.15, 0.2) is 24.3 Å². The molecule has 18 heavy (non-hydrogen) atoms. The molecule has 1 amide bonds. The minimum Gasteiger partial charge on any atom is -0.392 e. The Morgan fingerprint density at radius 1 is 1.61 bits per heavy atom. The van der Waals surface area contributed by atoms with Gasteiger partial charge in [-0.1, -0.05) is 17.7 Å². The molecule has 1 aromatic rings. The number of halogens is 1. The normalized spacial score (nSPS) is 21.8. The van der Waals surface area contributed by atoms with Crippen molar-refractivity contribution in [2.45, 2.75) is 25.5 Å². The van der Waals surface area contributed by atoms with E-state index in [0.717, 1.165) is 13.0 Å². The number of β-amino-alcohol motifs (C(OH)–C–C–N with tert-alkyl or cyclic N) is 1. The van der Waals surface area contributed by atoms with Crippen LogP contribution in [0.2, 0.25) is 5.02 Å². The maximum Gasteiger partial charge on any atom is 0.241 e. The molecule has 0 aliphatic carbocycles. The second kappa shape index (κ2) is 5.69. The molecule has 1 unspecified atom stereocenters. The summed E-state index contributed by atoms with van der Waals surface area (Å²) in [5.74, 6) is -0.0774. The standard InChI is InChI=1S/C13H17ClN2O2/c1-9(16-6-5-12(17)8-16)13(18)15-11-4-2-3-10(14)7-11/h2-4,7,9,12,17H,5-6,8H2,1H3,(H,15,18)/t9?,12-/m0/s1. The number of hydrogen-bond donors (Lipinski definition) is 2. The van der Waals surface area contributed by atoms with Crippen molar-refractivity contribution in [1.82, 2.24) is 4.90 Å². The fourth-order valence-corrected chi connectivity index (χ4v) is 2.29. The molecule has 2 N–H and O–H groups in total. The van der Waals surface area contributed by atoms with Gasteiger partial charge in [-0.2, -0.15) is 0 Å². The summed E-state index contributed by atoms with van der Waals surface area (Å²) in [5.41, 5.74) is 0.694. The molecule has 0 bridgehead atoms. The van der Waals surface area contributed by atoms with E-state index in [2.05, 4.69) is 5.32 Å². The number of benzene rings is 1. The molecule has 0 spiro atoms. The van der Waals surface area contributed by atoms with E-state index in [9.17, 15) is 9.90 Å². The van der Waals surface area contributed by atoms with Gasteiger partial charge in [0.25, 0.3) is 0 Å². The zero-order valence-corrected chi connectivity index (χ0v) is 11.0. The first-order valence-corrected chi connectivity index (χ1v) is 6.42. The van der Waals surface area contributed by atoms with E-state index in [1.54, 1.807) is 24.3 Å². The van der Waals surface area contributed by atoms with Crippen molar-refractivity contribution in [3.63, 3.8) is 0 Å². The van der Waals surface area contributed by atoms with Crippen molar-refractivity contribution >= 4 is 23.2 Å². The lowest BCUT2D eigenvalue weighted by Crippen LogP contribution is -2.41. The number of anilines is 1. The number of amides is 1. The monoisotopic (exact) mass is 268 g/mol. The van der Waals surface area contributed by atoms with Crippen LogP contribution >= 0.6 is 11.6 Å². The van der Waals surface area contributed by atoms with Gasteiger partial charge in [-0.3, -0.25) is 9.69 Å². The minimum absolute atomic E-state index is 0.0774. The molecule has 2 atom stereocenters. The summed E-state index contributed by atoms with van der Waals surface area (Å²) in [6.45, 7) is 3.16. The van der Waals surface area contributed by atoms with E-state index >= 15 is 0 Å². The van der Waals surface area contributed by atoms with Gasteiger partial charge in [0.15, 0.2) is 0 Å². The van der Waals surface area contributed by atoms with Crippen molar-refractivity contribution in [2.75, 3.05) is 18.4 Å². The van der Waals surface area contributed by atoms with E-state index in [0.29, 0.717) is 17.3 Å². The Morgan fingerprint density at radius 2 is 2.39 bits per heavy atom. The van der Waals surface area contributed by atoms with Crippen LogP contribution < -0.4 is 5.32 Å². The van der Waals surface area contributed by atoms with Gasteiger partial charge >= 0.3 is 0 Å². The van der Waals surface area contributed by atoms with E-state index in [-0.39, 0.29) is 18.1 Å². The molecule has 1 heterocycles. The Balaban J connectivity index is 1.95. The summed E-state index contributed by atoms with van der Waals surface area (Å²) in [5, 5.41) is 12.9. The van der Waals surface area contributed by atoms with Gasteiger partial charge in [-0.25, -0.2) is 0 Å². The second-order valence-electron chi connectivity index (χ2n) is 4.61. The smallest absolute Gasteiger partial charge is 0.241 e. The average molecular weight is 269 g/mol. The van der Waals surface area contributed by atoms with Gasteiger partial charge < -0.3 is 10.4 Å². The fourth-order valence-electron chi connectivity index (χ4n) is 2.10. The van der Waals surface area contributed by atoms with Gasteiger partial charge in [-0.05, 0) is 31.5 Å². The van der Waals surface area contributed by atoms with E-state index in [1.165, 1.54) is 0 Å². The van der Waals surface area contributed by atoms with E-state index in [4.69, 9.17) is 11.6 Å². The molecule has 1 saturated heterocycles. The number of nitrogens with zero attached hydrogens (tertiary/aromatic N) is 1. The molecule has 2 rings (SSSR count). The maximum atomic E-state index is 12.0. The molecule has 1 aliphatic heterocycles. The molecule has 0 saturated carbocycles. The number of rotatable bonds is 3. The molecule has 1 fully saturated rings. The molecule has 1 aromatic carbocycles. The van der Waals surface area contributed by atoms with E-state index in [1.807, 2.05) is 11.8 Å². The first kappa shape index (κ1) is 13.3. The molecular weight excluding hydrogens is 252 g/mol. The van der Waals surface area contributed by atoms with Gasteiger partial charge in [0.1, 0.15) is 0 Å². The number of nitrogens with one attached hydrogen (secondary N) is 1. The van der Waals surface area contributed by atoms with Crippen molar-refractivity contribution in [2.24, 2.45) is 0 Å². The van der Waals surface area contributed by atoms with E-state index < -0.39 is 0 Å². The topological polar surface area (TPSA) is 52.6 Å². The highest BCUT2D eigenvalue weighted by molar-refractivity contribution is 6.30. The number of carbonyl (C=O) groups is 1. The highest BCUT2D eigenvalue weighted by atomic mass is 35.5. The average Bonchev–Trinajstić information content (AvgIpc) is 2.75. The van der Waals surface area contributed by atoms with Crippen molar-refractivity contribution < 1.29 is 9.90 Å². The first-order valence-electron chi connectivity index (χ1n) is 6.05. The number of carbonyl (C=O) groups excluding carboxylic acids is 1. The first-order chi connectivity index (χ1) is 8.56. The summed E-state index contributed by atoms with van der Waals surface area (Å²) in [4.78, 5) is 14.0. The van der Waals surface area contributed by atoms with Crippen molar-refractivity contribution in [3.05, 3.63) is 29.3 Å². The SMILES string of the molecule is CC(C(=O)Nc1cccc(Cl)c1)N1CC[C@H](O)C1. The fraction of sp³-hybridized carbons (Fsp3) is 0.462. The molecule has 98 valence electrons. The predicted molar refractivity (Wildman–Crippen MR) is 71.7 cm³/mol. The Kier molecular flexibility index (Phi) is 4.22. The van der Waals surface area contributed by atoms with Crippen molar-refractivity contribution in [3.8, 4) is 0 Å². The molecule has 5 heteroatoms. The van der Waals surface area contributed by atoms with Gasteiger partial charge in [0.05, 0.1) is 12.1 Å². The third kappa shape index (κ3) is 3.22. The molecule has 0 aromatic heterocycles. The van der Waals surface area contributed by atoms with Gasteiger partial charge in [0.2, 0.25) is 5.91 Å². The summed E-state index contributed by atoms with van der Waals surface area (Å²) in [7, 11) is 0. The molecule has 4 nitrogen and oxygen atoms in total.